The van der Waals surface area contributed by atoms with Gasteiger partial charge in [0, 0.05) is 16.7 Å². The summed E-state index contributed by atoms with van der Waals surface area (Å²) in [5, 5.41) is 0. The van der Waals surface area contributed by atoms with Crippen LogP contribution >= 0.6 is 0 Å². The largest absolute Gasteiger partial charge is 0.466 e. The molecule has 0 bridgehead atoms. The number of piperidine rings is 1. The predicted molar refractivity (Wildman–Crippen MR) is 74.4 cm³/mol. The molecule has 0 aromatic carbocycles. The summed E-state index contributed by atoms with van der Waals surface area (Å²) in [5.74, 6) is 0.224. The summed E-state index contributed by atoms with van der Waals surface area (Å²) in [6.07, 6.45) is 2.92. The third-order valence-electron chi connectivity index (χ3n) is 4.40. The second kappa shape index (κ2) is 5.04. The van der Waals surface area contributed by atoms with Crippen molar-refractivity contribution in [2.24, 2.45) is 5.92 Å². The fraction of sp³-hybridized carbons (Fsp3) is 0.800. The van der Waals surface area contributed by atoms with Crippen molar-refractivity contribution >= 4 is 5.97 Å². The lowest BCUT2D eigenvalue weighted by Crippen LogP contribution is -2.58. The van der Waals surface area contributed by atoms with Gasteiger partial charge in [-0.25, -0.2) is 4.79 Å². The van der Waals surface area contributed by atoms with E-state index >= 15 is 0 Å². The van der Waals surface area contributed by atoms with E-state index in [1.807, 2.05) is 0 Å². The van der Waals surface area contributed by atoms with E-state index < -0.39 is 0 Å². The average Bonchev–Trinajstić information content (AvgIpc) is 2.23. The van der Waals surface area contributed by atoms with Gasteiger partial charge in [0.1, 0.15) is 0 Å². The molecule has 0 N–H and O–H groups in total. The minimum atomic E-state index is -0.274. The summed E-state index contributed by atoms with van der Waals surface area (Å²) < 4.78 is 4.73. The summed E-state index contributed by atoms with van der Waals surface area (Å²) in [5.41, 5.74) is 0.907. The van der Waals surface area contributed by atoms with Crippen LogP contribution in [0.3, 0.4) is 0 Å². The quantitative estimate of drug-likeness (QED) is 0.572. The smallest absolute Gasteiger partial charge is 0.333 e. The van der Waals surface area contributed by atoms with Gasteiger partial charge < -0.3 is 4.74 Å². The fourth-order valence-corrected chi connectivity index (χ4v) is 3.30. The van der Waals surface area contributed by atoms with E-state index in [1.165, 1.54) is 7.11 Å². The van der Waals surface area contributed by atoms with Crippen LogP contribution in [0.15, 0.2) is 12.2 Å². The van der Waals surface area contributed by atoms with Gasteiger partial charge in [0.15, 0.2) is 0 Å². The number of methoxy groups -OCH3 is 1. The van der Waals surface area contributed by atoms with Crippen LogP contribution in [-0.2, 0) is 9.53 Å². The first-order valence-electron chi connectivity index (χ1n) is 6.60. The van der Waals surface area contributed by atoms with E-state index in [4.69, 9.17) is 4.74 Å². The highest BCUT2D eigenvalue weighted by Gasteiger charge is 2.43. The summed E-state index contributed by atoms with van der Waals surface area (Å²) in [4.78, 5) is 13.9. The molecule has 1 heterocycles. The zero-order chi connectivity index (χ0) is 14.1. The number of rotatable bonds is 3. The van der Waals surface area contributed by atoms with Gasteiger partial charge in [0.05, 0.1) is 7.11 Å². The van der Waals surface area contributed by atoms with Crippen molar-refractivity contribution in [3.8, 4) is 0 Å². The maximum absolute atomic E-state index is 11.4. The Kier molecular flexibility index (Phi) is 4.26. The molecular weight excluding hydrogens is 226 g/mol. The molecular formula is C15H27NO2. The molecule has 1 rings (SSSR count). The van der Waals surface area contributed by atoms with Gasteiger partial charge in [-0.3, -0.25) is 4.90 Å². The SMILES string of the molecule is C=C(CC1CC(C)(C)N(C)C(C)(C)C1)C(=O)OC. The summed E-state index contributed by atoms with van der Waals surface area (Å²) in [6.45, 7) is 12.9. The van der Waals surface area contributed by atoms with Gasteiger partial charge >= 0.3 is 5.97 Å². The fourth-order valence-electron chi connectivity index (χ4n) is 3.30. The van der Waals surface area contributed by atoms with Crippen molar-refractivity contribution in [1.29, 1.82) is 0 Å². The number of nitrogens with zero attached hydrogens (tertiary/aromatic N) is 1. The van der Waals surface area contributed by atoms with E-state index in [0.717, 1.165) is 19.3 Å². The van der Waals surface area contributed by atoms with Crippen LogP contribution in [0.2, 0.25) is 0 Å². The topological polar surface area (TPSA) is 29.5 Å². The molecule has 1 fully saturated rings. The average molecular weight is 253 g/mol. The number of likely N-dealkylation sites (tertiary alicyclic amines) is 1. The van der Waals surface area contributed by atoms with Gasteiger partial charge in [0.2, 0.25) is 0 Å². The second-order valence-corrected chi connectivity index (χ2v) is 6.76. The van der Waals surface area contributed by atoms with E-state index in [2.05, 4.69) is 46.2 Å². The van der Waals surface area contributed by atoms with Crippen molar-refractivity contribution in [2.75, 3.05) is 14.2 Å². The van der Waals surface area contributed by atoms with Gasteiger partial charge in [-0.05, 0) is 59.9 Å². The molecule has 0 aromatic rings. The lowest BCUT2D eigenvalue weighted by atomic mass is 9.72. The van der Waals surface area contributed by atoms with Gasteiger partial charge in [-0.15, -0.1) is 0 Å². The van der Waals surface area contributed by atoms with Crippen molar-refractivity contribution in [3.63, 3.8) is 0 Å². The molecule has 0 atom stereocenters. The lowest BCUT2D eigenvalue weighted by molar-refractivity contribution is -0.136. The molecule has 104 valence electrons. The standard InChI is InChI=1S/C15H27NO2/c1-11(13(17)18-7)8-12-9-14(2,3)16(6)15(4,5)10-12/h12H,1,8-10H2,2-7H3. The summed E-state index contributed by atoms with van der Waals surface area (Å²) in [6, 6.07) is 0. The first kappa shape index (κ1) is 15.2. The summed E-state index contributed by atoms with van der Waals surface area (Å²) in [7, 11) is 3.60. The monoisotopic (exact) mass is 253 g/mol. The van der Waals surface area contributed by atoms with Crippen LogP contribution in [0.25, 0.3) is 0 Å². The van der Waals surface area contributed by atoms with Crippen molar-refractivity contribution in [3.05, 3.63) is 12.2 Å². The van der Waals surface area contributed by atoms with Gasteiger partial charge in [-0.2, -0.15) is 0 Å². The van der Waals surface area contributed by atoms with Crippen molar-refractivity contribution in [2.45, 2.75) is 58.0 Å². The normalized spacial score (nSPS) is 23.7. The highest BCUT2D eigenvalue weighted by Crippen LogP contribution is 2.42. The highest BCUT2D eigenvalue weighted by molar-refractivity contribution is 5.87. The Morgan fingerprint density at radius 3 is 2.11 bits per heavy atom. The van der Waals surface area contributed by atoms with Crippen molar-refractivity contribution < 1.29 is 9.53 Å². The minimum absolute atomic E-state index is 0.156. The molecule has 0 spiro atoms. The minimum Gasteiger partial charge on any atom is -0.466 e. The lowest BCUT2D eigenvalue weighted by Gasteiger charge is -2.53. The Bertz CT molecular complexity index is 326. The Hall–Kier alpha value is -0.830. The Balaban J connectivity index is 2.75. The van der Waals surface area contributed by atoms with Crippen LogP contribution in [-0.4, -0.2) is 36.1 Å². The van der Waals surface area contributed by atoms with Gasteiger partial charge in [0.25, 0.3) is 0 Å². The number of ether oxygens (including phenoxy) is 1. The van der Waals surface area contributed by atoms with Crippen LogP contribution in [0.4, 0.5) is 0 Å². The maximum atomic E-state index is 11.4. The van der Waals surface area contributed by atoms with Crippen LogP contribution in [0.5, 0.6) is 0 Å². The van der Waals surface area contributed by atoms with E-state index in [9.17, 15) is 4.79 Å². The molecule has 0 radical (unpaired) electrons. The number of hydrogen-bond donors (Lipinski definition) is 0. The predicted octanol–water partition coefficient (Wildman–Crippen LogP) is 3.00. The Morgan fingerprint density at radius 2 is 1.72 bits per heavy atom. The molecule has 0 amide bonds. The Labute approximate surface area is 111 Å². The zero-order valence-electron chi connectivity index (χ0n) is 12.7. The van der Waals surface area contributed by atoms with E-state index in [1.54, 1.807) is 0 Å². The van der Waals surface area contributed by atoms with E-state index in [-0.39, 0.29) is 17.0 Å². The molecule has 18 heavy (non-hydrogen) atoms. The zero-order valence-corrected chi connectivity index (χ0v) is 12.7. The highest BCUT2D eigenvalue weighted by atomic mass is 16.5. The molecule has 1 saturated heterocycles. The number of carbonyl (C=O) groups is 1. The molecule has 3 nitrogen and oxygen atoms in total. The number of carbonyl (C=O) groups excluding carboxylic acids is 1. The van der Waals surface area contributed by atoms with Crippen LogP contribution in [0, 0.1) is 5.92 Å². The molecule has 0 unspecified atom stereocenters. The third-order valence-corrected chi connectivity index (χ3v) is 4.40. The number of esters is 1. The van der Waals surface area contributed by atoms with Crippen molar-refractivity contribution in [1.82, 2.24) is 4.90 Å². The number of hydrogen-bond acceptors (Lipinski definition) is 3. The van der Waals surface area contributed by atoms with Crippen LogP contribution < -0.4 is 0 Å². The molecule has 0 aliphatic carbocycles. The first-order chi connectivity index (χ1) is 8.10. The third kappa shape index (κ3) is 3.14. The molecule has 3 heteroatoms. The molecule has 1 aliphatic heterocycles. The molecule has 1 aliphatic rings. The first-order valence-corrected chi connectivity index (χ1v) is 6.60. The van der Waals surface area contributed by atoms with E-state index in [0.29, 0.717) is 11.5 Å². The second-order valence-electron chi connectivity index (χ2n) is 6.76. The van der Waals surface area contributed by atoms with Crippen LogP contribution in [0.1, 0.15) is 47.0 Å². The molecule has 0 saturated carbocycles. The Morgan fingerprint density at radius 1 is 1.28 bits per heavy atom. The maximum Gasteiger partial charge on any atom is 0.333 e. The van der Waals surface area contributed by atoms with Gasteiger partial charge in [-0.1, -0.05) is 6.58 Å². The molecule has 0 aromatic heterocycles. The summed E-state index contributed by atoms with van der Waals surface area (Å²) >= 11 is 0.